The highest BCUT2D eigenvalue weighted by Gasteiger charge is 2.34. The monoisotopic (exact) mass is 327 g/mol. The van der Waals surface area contributed by atoms with E-state index in [0.29, 0.717) is 22.9 Å². The number of hydrogen-bond acceptors (Lipinski definition) is 5. The van der Waals surface area contributed by atoms with Crippen LogP contribution in [-0.2, 0) is 4.74 Å². The van der Waals surface area contributed by atoms with Gasteiger partial charge in [0.2, 0.25) is 0 Å². The quantitative estimate of drug-likeness (QED) is 0.886. The van der Waals surface area contributed by atoms with E-state index < -0.39 is 5.97 Å². The Hall–Kier alpha value is -1.05. The van der Waals surface area contributed by atoms with Crippen LogP contribution >= 0.6 is 15.9 Å². The fourth-order valence-electron chi connectivity index (χ4n) is 2.66. The minimum atomic E-state index is -1.06. The van der Waals surface area contributed by atoms with Crippen LogP contribution in [0.1, 0.15) is 35.3 Å². The number of rotatable bonds is 2. The second kappa shape index (κ2) is 5.15. The summed E-state index contributed by atoms with van der Waals surface area (Å²) in [5, 5.41) is 9.07. The zero-order valence-electron chi connectivity index (χ0n) is 10.3. The molecule has 2 aliphatic heterocycles. The van der Waals surface area contributed by atoms with Crippen molar-refractivity contribution in [1.29, 1.82) is 0 Å². The number of carbonyl (C=O) groups is 1. The molecule has 3 heterocycles. The molecule has 0 bridgehead atoms. The van der Waals surface area contributed by atoms with Crippen molar-refractivity contribution in [2.45, 2.75) is 25.0 Å². The first-order valence-corrected chi connectivity index (χ1v) is 7.06. The maximum absolute atomic E-state index is 11.1. The van der Waals surface area contributed by atoms with Crippen LogP contribution in [0, 0.1) is 0 Å². The predicted octanol–water partition coefficient (Wildman–Crippen LogP) is 1.47. The molecule has 0 aliphatic carbocycles. The molecule has 0 saturated carbocycles. The Morgan fingerprint density at radius 1 is 1.58 bits per heavy atom. The number of aromatic carboxylic acids is 1. The molecule has 0 spiro atoms. The van der Waals surface area contributed by atoms with E-state index in [4.69, 9.17) is 9.84 Å². The first kappa shape index (κ1) is 13.0. The highest BCUT2D eigenvalue weighted by Crippen LogP contribution is 2.29. The molecule has 0 aromatic carbocycles. The van der Waals surface area contributed by atoms with Gasteiger partial charge in [-0.25, -0.2) is 14.8 Å². The van der Waals surface area contributed by atoms with Gasteiger partial charge in [-0.1, -0.05) is 0 Å². The Morgan fingerprint density at radius 2 is 2.42 bits per heavy atom. The lowest BCUT2D eigenvalue weighted by molar-refractivity contribution is -0.0542. The van der Waals surface area contributed by atoms with Gasteiger partial charge in [-0.3, -0.25) is 4.90 Å². The van der Waals surface area contributed by atoms with E-state index in [2.05, 4.69) is 30.8 Å². The van der Waals surface area contributed by atoms with E-state index >= 15 is 0 Å². The number of hydrogen-bond donors (Lipinski definition) is 1. The number of ether oxygens (including phenoxy) is 1. The molecule has 1 aromatic heterocycles. The second-order valence-corrected chi connectivity index (χ2v) is 5.70. The molecule has 1 N–H and O–H groups in total. The molecule has 0 radical (unpaired) electrons. The number of halogens is 1. The van der Waals surface area contributed by atoms with Gasteiger partial charge >= 0.3 is 5.97 Å². The van der Waals surface area contributed by atoms with Crippen molar-refractivity contribution in [3.63, 3.8) is 0 Å². The molecule has 2 aliphatic rings. The molecular weight excluding hydrogens is 314 g/mol. The highest BCUT2D eigenvalue weighted by atomic mass is 79.9. The summed E-state index contributed by atoms with van der Waals surface area (Å²) in [6.45, 7) is 2.49. The number of aromatic nitrogens is 2. The summed E-state index contributed by atoms with van der Waals surface area (Å²) >= 11 is 3.14. The van der Waals surface area contributed by atoms with Gasteiger partial charge in [0.1, 0.15) is 6.10 Å². The van der Waals surface area contributed by atoms with Gasteiger partial charge in [-0.15, -0.1) is 0 Å². The van der Waals surface area contributed by atoms with E-state index in [1.165, 1.54) is 19.0 Å². The van der Waals surface area contributed by atoms with Crippen LogP contribution in [0.15, 0.2) is 10.7 Å². The number of carboxylic acid groups (broad SMARTS) is 1. The Morgan fingerprint density at radius 3 is 3.21 bits per heavy atom. The van der Waals surface area contributed by atoms with Crippen LogP contribution in [0.2, 0.25) is 0 Å². The standard InChI is InChI=1S/C12H14BrN3O3/c13-8-4-14-11(15-10(8)12(17)18)9-5-16-3-1-2-7(16)6-19-9/h4,7,9H,1-3,5-6H2,(H,17,18). The van der Waals surface area contributed by atoms with E-state index in [1.54, 1.807) is 0 Å². The summed E-state index contributed by atoms with van der Waals surface area (Å²) in [7, 11) is 0. The largest absolute Gasteiger partial charge is 0.476 e. The summed E-state index contributed by atoms with van der Waals surface area (Å²) in [5.74, 6) is -0.615. The minimum Gasteiger partial charge on any atom is -0.476 e. The molecule has 7 heteroatoms. The number of fused-ring (bicyclic) bond motifs is 1. The Kier molecular flexibility index (Phi) is 3.51. The van der Waals surface area contributed by atoms with Crippen molar-refractivity contribution < 1.29 is 14.6 Å². The van der Waals surface area contributed by atoms with E-state index in [9.17, 15) is 4.79 Å². The Labute approximate surface area is 118 Å². The molecule has 2 saturated heterocycles. The third kappa shape index (κ3) is 2.50. The first-order valence-electron chi connectivity index (χ1n) is 6.26. The van der Waals surface area contributed by atoms with Crippen molar-refractivity contribution in [2.75, 3.05) is 19.7 Å². The van der Waals surface area contributed by atoms with Crippen LogP contribution in [0.4, 0.5) is 0 Å². The van der Waals surface area contributed by atoms with E-state index in [1.807, 2.05) is 0 Å². The number of nitrogens with zero attached hydrogens (tertiary/aromatic N) is 3. The third-order valence-electron chi connectivity index (χ3n) is 3.64. The van der Waals surface area contributed by atoms with Crippen LogP contribution in [-0.4, -0.2) is 51.7 Å². The second-order valence-electron chi connectivity index (χ2n) is 4.84. The van der Waals surface area contributed by atoms with Gasteiger partial charge in [0, 0.05) is 18.8 Å². The zero-order chi connectivity index (χ0) is 13.4. The number of morpholine rings is 1. The normalized spacial score (nSPS) is 27.2. The fourth-order valence-corrected chi connectivity index (χ4v) is 3.02. The summed E-state index contributed by atoms with van der Waals surface area (Å²) in [6, 6.07) is 0.505. The molecule has 102 valence electrons. The third-order valence-corrected chi connectivity index (χ3v) is 4.22. The molecule has 19 heavy (non-hydrogen) atoms. The van der Waals surface area contributed by atoms with Gasteiger partial charge in [-0.05, 0) is 35.3 Å². The average molecular weight is 328 g/mol. The van der Waals surface area contributed by atoms with Crippen LogP contribution in [0.25, 0.3) is 0 Å². The molecule has 1 aromatic rings. The SMILES string of the molecule is O=C(O)c1nc(C2CN3CCCC3CO2)ncc1Br. The van der Waals surface area contributed by atoms with Gasteiger partial charge in [0.25, 0.3) is 0 Å². The first-order chi connectivity index (χ1) is 9.15. The van der Waals surface area contributed by atoms with Gasteiger partial charge < -0.3 is 9.84 Å². The van der Waals surface area contributed by atoms with Crippen LogP contribution in [0.3, 0.4) is 0 Å². The molecule has 2 fully saturated rings. The average Bonchev–Trinajstić information content (AvgIpc) is 2.86. The Bertz CT molecular complexity index is 511. The lowest BCUT2D eigenvalue weighted by Crippen LogP contribution is -2.42. The molecule has 2 unspecified atom stereocenters. The van der Waals surface area contributed by atoms with Crippen molar-refractivity contribution in [3.05, 3.63) is 22.2 Å². The summed E-state index contributed by atoms with van der Waals surface area (Å²) < 4.78 is 6.17. The topological polar surface area (TPSA) is 75.5 Å². The van der Waals surface area contributed by atoms with Crippen molar-refractivity contribution in [3.8, 4) is 0 Å². The summed E-state index contributed by atoms with van der Waals surface area (Å²) in [6.07, 6.45) is 3.61. The van der Waals surface area contributed by atoms with Crippen LogP contribution in [0.5, 0.6) is 0 Å². The predicted molar refractivity (Wildman–Crippen MR) is 70.0 cm³/mol. The van der Waals surface area contributed by atoms with Crippen molar-refractivity contribution in [2.24, 2.45) is 0 Å². The Balaban J connectivity index is 1.82. The van der Waals surface area contributed by atoms with Gasteiger partial charge in [-0.2, -0.15) is 0 Å². The maximum Gasteiger partial charge on any atom is 0.355 e. The lowest BCUT2D eigenvalue weighted by atomic mass is 10.2. The highest BCUT2D eigenvalue weighted by molar-refractivity contribution is 9.10. The summed E-state index contributed by atoms with van der Waals surface area (Å²) in [4.78, 5) is 21.7. The van der Waals surface area contributed by atoms with Gasteiger partial charge in [0.05, 0.1) is 11.1 Å². The van der Waals surface area contributed by atoms with E-state index in [0.717, 1.165) is 13.1 Å². The molecule has 0 amide bonds. The smallest absolute Gasteiger partial charge is 0.355 e. The molecule has 2 atom stereocenters. The fraction of sp³-hybridized carbons (Fsp3) is 0.583. The lowest BCUT2D eigenvalue weighted by Gasteiger charge is -2.34. The summed E-state index contributed by atoms with van der Waals surface area (Å²) in [5.41, 5.74) is -0.0165. The van der Waals surface area contributed by atoms with Crippen LogP contribution < -0.4 is 0 Å². The van der Waals surface area contributed by atoms with E-state index in [-0.39, 0.29) is 11.8 Å². The van der Waals surface area contributed by atoms with Gasteiger partial charge in [0.15, 0.2) is 11.5 Å². The van der Waals surface area contributed by atoms with Crippen molar-refractivity contribution in [1.82, 2.24) is 14.9 Å². The zero-order valence-corrected chi connectivity index (χ0v) is 11.8. The molecule has 6 nitrogen and oxygen atoms in total. The minimum absolute atomic E-state index is 0.0165. The maximum atomic E-state index is 11.1. The van der Waals surface area contributed by atoms with Crippen molar-refractivity contribution >= 4 is 21.9 Å². The molecule has 3 rings (SSSR count). The number of carboxylic acids is 1. The molecular formula is C12H14BrN3O3.